The fraction of sp³-hybridized carbons (Fsp3) is 0.194. The highest BCUT2D eigenvalue weighted by atomic mass is 16.5. The molecule has 10 nitrogen and oxygen atoms in total. The number of carbonyl (C=O) groups excluding carboxylic acids is 1. The van der Waals surface area contributed by atoms with Gasteiger partial charge in [0, 0.05) is 40.2 Å². The molecule has 11 heteroatoms. The standard InChI is InChI=1S/C36H34BN3O7/c1-22-33(31(39-40(22)2)21-47-25-16-17-30(37(44)45)24(19-25)20-41)29-14-8-13-27-28(35(36(42)43)38-34(27)29)12-5-6-18-46-32-15-7-10-23-9-3-4-11-26(23)32/h3-4,7-11,13-17,19-20,38,44-45H,5-6,12,18,21H2,1-2H3,(H,42,43). The minimum absolute atomic E-state index is 0.0583. The van der Waals surface area contributed by atoms with Crippen LogP contribution in [0.4, 0.5) is 0 Å². The van der Waals surface area contributed by atoms with E-state index in [2.05, 4.69) is 22.2 Å². The van der Waals surface area contributed by atoms with Crippen LogP contribution in [0.1, 0.15) is 50.6 Å². The average molecular weight is 631 g/mol. The highest BCUT2D eigenvalue weighted by Gasteiger charge is 2.23. The first-order chi connectivity index (χ1) is 22.8. The molecule has 0 unspecified atom stereocenters. The summed E-state index contributed by atoms with van der Waals surface area (Å²) in [6, 6.07) is 24.3. The lowest BCUT2D eigenvalue weighted by Gasteiger charge is -2.10. The van der Waals surface area contributed by atoms with E-state index in [9.17, 15) is 24.7 Å². The second-order valence-corrected chi connectivity index (χ2v) is 11.4. The number of carbonyl (C=O) groups is 2. The number of rotatable bonds is 13. The maximum atomic E-state index is 12.4. The molecule has 4 N–H and O–H groups in total. The summed E-state index contributed by atoms with van der Waals surface area (Å²) in [6.07, 6.45) is 2.59. The van der Waals surface area contributed by atoms with Gasteiger partial charge in [-0.2, -0.15) is 5.10 Å². The van der Waals surface area contributed by atoms with E-state index in [-0.39, 0.29) is 23.3 Å². The summed E-state index contributed by atoms with van der Waals surface area (Å²) in [5.74, 6) is 0.176. The Hall–Kier alpha value is -5.39. The van der Waals surface area contributed by atoms with Gasteiger partial charge < -0.3 is 29.6 Å². The molecular weight excluding hydrogens is 597 g/mol. The zero-order valence-electron chi connectivity index (χ0n) is 26.1. The number of carboxylic acids is 1. The third kappa shape index (κ3) is 6.36. The van der Waals surface area contributed by atoms with Crippen molar-refractivity contribution in [3.63, 3.8) is 0 Å². The van der Waals surface area contributed by atoms with Gasteiger partial charge in [0.2, 0.25) is 0 Å². The molecular formula is C36H34BN3O7. The van der Waals surface area contributed by atoms with Gasteiger partial charge in [-0.3, -0.25) is 9.48 Å². The lowest BCUT2D eigenvalue weighted by atomic mass is 9.77. The summed E-state index contributed by atoms with van der Waals surface area (Å²) in [4.78, 5) is 27.1. The van der Waals surface area contributed by atoms with Crippen LogP contribution < -0.4 is 14.9 Å². The highest BCUT2D eigenvalue weighted by Crippen LogP contribution is 2.36. The molecule has 0 bridgehead atoms. The molecule has 47 heavy (non-hydrogen) atoms. The van der Waals surface area contributed by atoms with Crippen molar-refractivity contribution in [2.75, 3.05) is 6.61 Å². The number of aromatic carboxylic acids is 1. The van der Waals surface area contributed by atoms with Crippen LogP contribution in [0, 0.1) is 6.92 Å². The Labute approximate surface area is 271 Å². The summed E-state index contributed by atoms with van der Waals surface area (Å²) in [7, 11) is 0.0487. The van der Waals surface area contributed by atoms with Crippen molar-refractivity contribution < 1.29 is 34.2 Å². The Kier molecular flexibility index (Phi) is 9.10. The monoisotopic (exact) mass is 631 g/mol. The van der Waals surface area contributed by atoms with Gasteiger partial charge in [0.05, 0.1) is 12.1 Å². The molecule has 0 saturated carbocycles. The van der Waals surface area contributed by atoms with E-state index in [0.717, 1.165) is 57.1 Å². The van der Waals surface area contributed by atoms with Gasteiger partial charge in [0.15, 0.2) is 0 Å². The van der Waals surface area contributed by atoms with Crippen LogP contribution in [0.5, 0.6) is 11.5 Å². The van der Waals surface area contributed by atoms with Crippen LogP contribution >= 0.6 is 0 Å². The van der Waals surface area contributed by atoms with Crippen molar-refractivity contribution in [3.8, 4) is 22.6 Å². The molecule has 0 aliphatic heterocycles. The number of hydrogen-bond donors (Lipinski definition) is 4. The van der Waals surface area contributed by atoms with Gasteiger partial charge in [-0.05, 0) is 60.8 Å². The number of carboxylic acid groups (broad SMARTS) is 1. The van der Waals surface area contributed by atoms with Crippen LogP contribution in [0.2, 0.25) is 0 Å². The van der Waals surface area contributed by atoms with Crippen molar-refractivity contribution in [2.24, 2.45) is 7.05 Å². The lowest BCUT2D eigenvalue weighted by Crippen LogP contribution is -2.32. The van der Waals surface area contributed by atoms with Gasteiger partial charge >= 0.3 is 13.1 Å². The Morgan fingerprint density at radius 3 is 2.53 bits per heavy atom. The molecule has 0 aliphatic rings. The predicted molar refractivity (Wildman–Crippen MR) is 181 cm³/mol. The molecule has 6 rings (SSSR count). The number of fused-ring (bicyclic) bond motifs is 2. The second-order valence-electron chi connectivity index (χ2n) is 11.4. The number of unbranched alkanes of at least 4 members (excludes halogenated alkanes) is 1. The van der Waals surface area contributed by atoms with E-state index in [1.54, 1.807) is 10.7 Å². The lowest BCUT2D eigenvalue weighted by molar-refractivity contribution is 0.0690. The molecule has 0 atom stereocenters. The molecule has 0 spiro atoms. The quantitative estimate of drug-likeness (QED) is 0.0773. The van der Waals surface area contributed by atoms with E-state index in [1.165, 1.54) is 12.1 Å². The van der Waals surface area contributed by atoms with Crippen molar-refractivity contribution in [1.82, 2.24) is 14.8 Å². The molecule has 4 aromatic carbocycles. The molecule has 0 radical (unpaired) electrons. The number of aldehydes is 1. The van der Waals surface area contributed by atoms with Crippen LogP contribution in [-0.4, -0.2) is 55.9 Å². The fourth-order valence-corrected chi connectivity index (χ4v) is 6.09. The molecule has 0 saturated heterocycles. The highest BCUT2D eigenvalue weighted by molar-refractivity contribution is 6.60. The summed E-state index contributed by atoms with van der Waals surface area (Å²) in [6.45, 7) is 2.51. The molecule has 2 aromatic heterocycles. The largest absolute Gasteiger partial charge is 0.493 e. The third-order valence-electron chi connectivity index (χ3n) is 8.50. The van der Waals surface area contributed by atoms with Gasteiger partial charge in [0.25, 0.3) is 0 Å². The Balaban J connectivity index is 1.23. The van der Waals surface area contributed by atoms with Crippen molar-refractivity contribution in [1.29, 1.82) is 0 Å². The third-order valence-corrected chi connectivity index (χ3v) is 8.50. The first-order valence-electron chi connectivity index (χ1n) is 15.3. The SMILES string of the molecule is Cc1c(-c2cccc3c(CCCCOc4cccc5ccccc45)c(C(=O)O)[nH]c23)c(COc2ccc(B(O)O)c(C=O)c2)nn1C. The molecule has 0 amide bonds. The van der Waals surface area contributed by atoms with Crippen molar-refractivity contribution in [2.45, 2.75) is 32.8 Å². The maximum Gasteiger partial charge on any atom is 0.489 e. The Morgan fingerprint density at radius 2 is 1.74 bits per heavy atom. The first-order valence-corrected chi connectivity index (χ1v) is 15.3. The van der Waals surface area contributed by atoms with Gasteiger partial charge in [-0.25, -0.2) is 4.79 Å². The fourth-order valence-electron chi connectivity index (χ4n) is 6.09. The van der Waals surface area contributed by atoms with Crippen LogP contribution in [0.3, 0.4) is 0 Å². The molecule has 2 heterocycles. The van der Waals surface area contributed by atoms with Gasteiger partial charge in [-0.1, -0.05) is 60.7 Å². The van der Waals surface area contributed by atoms with Gasteiger partial charge in [-0.15, -0.1) is 0 Å². The summed E-state index contributed by atoms with van der Waals surface area (Å²) < 4.78 is 13.8. The first kappa shape index (κ1) is 31.6. The van der Waals surface area contributed by atoms with E-state index in [1.807, 2.05) is 62.5 Å². The summed E-state index contributed by atoms with van der Waals surface area (Å²) in [5, 5.41) is 36.9. The summed E-state index contributed by atoms with van der Waals surface area (Å²) in [5.41, 5.74) is 4.89. The van der Waals surface area contributed by atoms with Crippen molar-refractivity contribution >= 4 is 46.5 Å². The Bertz CT molecular complexity index is 2090. The average Bonchev–Trinajstić information content (AvgIpc) is 3.59. The predicted octanol–water partition coefficient (Wildman–Crippen LogP) is 5.20. The second kappa shape index (κ2) is 13.5. The molecule has 238 valence electrons. The molecule has 0 aliphatic carbocycles. The zero-order valence-corrected chi connectivity index (χ0v) is 26.1. The Morgan fingerprint density at radius 1 is 0.979 bits per heavy atom. The van der Waals surface area contributed by atoms with E-state index in [0.29, 0.717) is 36.3 Å². The number of aromatic amines is 1. The number of hydrogen-bond acceptors (Lipinski definition) is 7. The van der Waals surface area contributed by atoms with Gasteiger partial charge in [0.1, 0.15) is 35.8 Å². The topological polar surface area (TPSA) is 147 Å². The number of ether oxygens (including phenoxy) is 2. The molecule has 0 fully saturated rings. The smallest absolute Gasteiger partial charge is 0.489 e. The number of aromatic nitrogens is 3. The van der Waals surface area contributed by atoms with Crippen LogP contribution in [-0.2, 0) is 20.1 Å². The van der Waals surface area contributed by atoms with Crippen molar-refractivity contribution in [3.05, 3.63) is 107 Å². The van der Waals surface area contributed by atoms with E-state index < -0.39 is 13.1 Å². The normalized spacial score (nSPS) is 11.2. The number of nitrogens with one attached hydrogen (secondary N) is 1. The summed E-state index contributed by atoms with van der Waals surface area (Å²) >= 11 is 0. The van der Waals surface area contributed by atoms with Crippen LogP contribution in [0.15, 0.2) is 78.9 Å². The number of aryl methyl sites for hydroxylation is 2. The van der Waals surface area contributed by atoms with Crippen LogP contribution in [0.25, 0.3) is 32.8 Å². The number of nitrogens with zero attached hydrogens (tertiary/aromatic N) is 2. The van der Waals surface area contributed by atoms with E-state index >= 15 is 0 Å². The maximum absolute atomic E-state index is 12.4. The zero-order chi connectivity index (χ0) is 33.1. The number of para-hydroxylation sites is 1. The number of benzene rings is 4. The molecule has 6 aromatic rings. The number of H-pyrrole nitrogens is 1. The minimum atomic E-state index is -1.78. The minimum Gasteiger partial charge on any atom is -0.493 e. The van der Waals surface area contributed by atoms with E-state index in [4.69, 9.17) is 9.47 Å².